The Balaban J connectivity index is 1.99. The van der Waals surface area contributed by atoms with Crippen molar-refractivity contribution in [2.24, 2.45) is 5.41 Å². The van der Waals surface area contributed by atoms with E-state index >= 15 is 0 Å². The average Bonchev–Trinajstić information content (AvgIpc) is 2.76. The fourth-order valence-corrected chi connectivity index (χ4v) is 5.63. The summed E-state index contributed by atoms with van der Waals surface area (Å²) < 4.78 is 32.8. The molecule has 1 aliphatic rings. The van der Waals surface area contributed by atoms with Crippen molar-refractivity contribution in [3.8, 4) is 0 Å². The molecule has 0 bridgehead atoms. The molecule has 0 heterocycles. The van der Waals surface area contributed by atoms with Crippen LogP contribution >= 0.6 is 0 Å². The van der Waals surface area contributed by atoms with Gasteiger partial charge in [-0.05, 0) is 80.7 Å². The fraction of sp³-hybridized carbons (Fsp3) is 0.433. The third-order valence-corrected chi connectivity index (χ3v) is 7.82. The first-order valence-electron chi connectivity index (χ1n) is 12.6. The van der Waals surface area contributed by atoms with Crippen molar-refractivity contribution in [3.05, 3.63) is 88.6 Å². The highest BCUT2D eigenvalue weighted by Crippen LogP contribution is 2.40. The van der Waals surface area contributed by atoms with E-state index < -0.39 is 15.4 Å². The first-order valence-corrected chi connectivity index (χ1v) is 14.1. The van der Waals surface area contributed by atoms with Gasteiger partial charge in [0, 0.05) is 11.8 Å². The van der Waals surface area contributed by atoms with Gasteiger partial charge in [-0.15, -0.1) is 0 Å². The molecule has 0 aromatic heterocycles. The van der Waals surface area contributed by atoms with Crippen molar-refractivity contribution >= 4 is 21.7 Å². The Hall–Kier alpha value is -2.70. The van der Waals surface area contributed by atoms with Crippen LogP contribution in [0.15, 0.2) is 83.0 Å². The lowest BCUT2D eigenvalue weighted by molar-refractivity contribution is -0.111. The van der Waals surface area contributed by atoms with E-state index in [0.29, 0.717) is 24.1 Å². The molecule has 5 nitrogen and oxygen atoms in total. The van der Waals surface area contributed by atoms with E-state index in [4.69, 9.17) is 0 Å². The minimum atomic E-state index is -4.18. The molecule has 196 valence electrons. The number of hydrogen-bond acceptors (Lipinski definition) is 3. The van der Waals surface area contributed by atoms with E-state index in [1.165, 1.54) is 36.5 Å². The van der Waals surface area contributed by atoms with Crippen LogP contribution in [0.2, 0.25) is 0 Å². The summed E-state index contributed by atoms with van der Waals surface area (Å²) in [5.74, 6) is -0.271. The maximum Gasteiger partial charge on any atom is 0.271 e. The fourth-order valence-electron chi connectivity index (χ4n) is 4.60. The minimum absolute atomic E-state index is 0.218. The predicted octanol–water partition coefficient (Wildman–Crippen LogP) is 7.89. The van der Waals surface area contributed by atoms with Crippen molar-refractivity contribution in [2.75, 3.05) is 5.32 Å². The summed E-state index contributed by atoms with van der Waals surface area (Å²) in [5.41, 5.74) is 6.13. The summed E-state index contributed by atoms with van der Waals surface area (Å²) in [5, 5.41) is 1.83. The molecule has 2 N–H and O–H groups in total. The molecule has 0 fully saturated rings. The Labute approximate surface area is 217 Å². The second-order valence-corrected chi connectivity index (χ2v) is 11.9. The Morgan fingerprint density at radius 2 is 1.81 bits per heavy atom. The monoisotopic (exact) mass is 511 g/mol. The molecule has 0 saturated carbocycles. The number of allylic oxidation sites excluding steroid dienone is 9. The van der Waals surface area contributed by atoms with Gasteiger partial charge in [-0.2, -0.15) is 8.42 Å². The molecule has 6 heteroatoms. The molecular weight excluding hydrogens is 470 g/mol. The lowest BCUT2D eigenvalue weighted by Crippen LogP contribution is -2.19. The highest BCUT2D eigenvalue weighted by Gasteiger charge is 2.26. The SMILES string of the molecule is CCCC(c1ccc(NC(=O)/C=C(C)/C=C/C=C(C)/C=C/C2=C(C)CCCC2(C)C)cc1)S(=O)(=O)O. The van der Waals surface area contributed by atoms with Crippen LogP contribution in [-0.2, 0) is 14.9 Å². The van der Waals surface area contributed by atoms with E-state index in [2.05, 4.69) is 45.2 Å². The van der Waals surface area contributed by atoms with Crippen LogP contribution in [0.5, 0.6) is 0 Å². The lowest BCUT2D eigenvalue weighted by atomic mass is 9.72. The zero-order chi connectivity index (χ0) is 26.9. The van der Waals surface area contributed by atoms with Gasteiger partial charge in [-0.3, -0.25) is 9.35 Å². The van der Waals surface area contributed by atoms with E-state index in [-0.39, 0.29) is 11.3 Å². The van der Waals surface area contributed by atoms with Gasteiger partial charge < -0.3 is 5.32 Å². The summed E-state index contributed by atoms with van der Waals surface area (Å²) in [6.45, 7) is 12.6. The normalized spacial score (nSPS) is 18.2. The molecule has 0 radical (unpaired) electrons. The van der Waals surface area contributed by atoms with E-state index in [1.807, 2.05) is 32.1 Å². The third kappa shape index (κ3) is 9.07. The van der Waals surface area contributed by atoms with Crippen molar-refractivity contribution in [1.82, 2.24) is 0 Å². The molecule has 0 saturated heterocycles. The third-order valence-electron chi connectivity index (χ3n) is 6.59. The van der Waals surface area contributed by atoms with Crippen LogP contribution in [-0.4, -0.2) is 18.9 Å². The van der Waals surface area contributed by atoms with Crippen molar-refractivity contribution < 1.29 is 17.8 Å². The molecule has 1 atom stereocenters. The van der Waals surface area contributed by atoms with E-state index in [9.17, 15) is 17.8 Å². The zero-order valence-corrected chi connectivity index (χ0v) is 23.3. The average molecular weight is 512 g/mol. The standard InChI is InChI=1S/C30H41NO4S/c1-7-10-28(36(33,34)35)25-15-17-26(18-16-25)31-29(32)21-23(3)12-8-11-22(2)14-19-27-24(4)13-9-20-30(27,5)6/h8,11-12,14-19,21,28H,7,9-10,13,20H2,1-6H3,(H,31,32)(H,33,34,35)/b12-8+,19-14+,22-11+,23-21+. The summed E-state index contributed by atoms with van der Waals surface area (Å²) in [6, 6.07) is 6.52. The van der Waals surface area contributed by atoms with Crippen LogP contribution < -0.4 is 5.32 Å². The van der Waals surface area contributed by atoms with Crippen LogP contribution in [0.1, 0.15) is 84.5 Å². The van der Waals surface area contributed by atoms with Crippen LogP contribution in [0.4, 0.5) is 5.69 Å². The Morgan fingerprint density at radius 3 is 2.39 bits per heavy atom. The smallest absolute Gasteiger partial charge is 0.271 e. The Bertz CT molecular complexity index is 1180. The molecule has 1 aromatic carbocycles. The van der Waals surface area contributed by atoms with Crippen LogP contribution in [0.3, 0.4) is 0 Å². The second-order valence-electron chi connectivity index (χ2n) is 10.3. The predicted molar refractivity (Wildman–Crippen MR) is 150 cm³/mol. The molecule has 2 rings (SSSR count). The van der Waals surface area contributed by atoms with Crippen LogP contribution in [0.25, 0.3) is 0 Å². The van der Waals surface area contributed by atoms with Crippen molar-refractivity contribution in [1.29, 1.82) is 0 Å². The summed E-state index contributed by atoms with van der Waals surface area (Å²) in [6.07, 6.45) is 16.4. The van der Waals surface area contributed by atoms with Gasteiger partial charge >= 0.3 is 0 Å². The van der Waals surface area contributed by atoms with Crippen LogP contribution in [0, 0.1) is 5.41 Å². The minimum Gasteiger partial charge on any atom is -0.323 e. The number of carbonyl (C=O) groups is 1. The molecule has 1 aromatic rings. The molecule has 1 aliphatic carbocycles. The molecule has 1 unspecified atom stereocenters. The molecule has 0 spiro atoms. The van der Waals surface area contributed by atoms with Gasteiger partial charge in [0.05, 0.1) is 0 Å². The summed E-state index contributed by atoms with van der Waals surface area (Å²) in [7, 11) is -4.18. The number of hydrogen-bond donors (Lipinski definition) is 2. The van der Waals surface area contributed by atoms with E-state index in [1.54, 1.807) is 24.3 Å². The van der Waals surface area contributed by atoms with Crippen molar-refractivity contribution in [2.45, 2.75) is 78.9 Å². The molecule has 36 heavy (non-hydrogen) atoms. The first kappa shape index (κ1) is 29.5. The maximum absolute atomic E-state index is 12.4. The number of anilines is 1. The summed E-state index contributed by atoms with van der Waals surface area (Å²) >= 11 is 0. The van der Waals surface area contributed by atoms with Crippen molar-refractivity contribution in [3.63, 3.8) is 0 Å². The largest absolute Gasteiger partial charge is 0.323 e. The summed E-state index contributed by atoms with van der Waals surface area (Å²) in [4.78, 5) is 12.4. The number of rotatable bonds is 10. The quantitative estimate of drug-likeness (QED) is 0.190. The first-order chi connectivity index (χ1) is 16.8. The van der Waals surface area contributed by atoms with Gasteiger partial charge in [0.25, 0.3) is 10.1 Å². The Kier molecular flexibility index (Phi) is 10.7. The van der Waals surface area contributed by atoms with Gasteiger partial charge in [-0.1, -0.05) is 80.9 Å². The molecular formula is C30H41NO4S. The molecule has 0 aliphatic heterocycles. The second kappa shape index (κ2) is 13.0. The highest BCUT2D eigenvalue weighted by atomic mass is 32.2. The molecule has 1 amide bonds. The number of amides is 1. The Morgan fingerprint density at radius 1 is 1.14 bits per heavy atom. The van der Waals surface area contributed by atoms with Gasteiger partial charge in [0.1, 0.15) is 5.25 Å². The number of benzene rings is 1. The number of nitrogens with one attached hydrogen (secondary N) is 1. The zero-order valence-electron chi connectivity index (χ0n) is 22.5. The highest BCUT2D eigenvalue weighted by molar-refractivity contribution is 7.86. The lowest BCUT2D eigenvalue weighted by Gasteiger charge is -2.32. The van der Waals surface area contributed by atoms with E-state index in [0.717, 1.165) is 11.1 Å². The van der Waals surface area contributed by atoms with Gasteiger partial charge in [-0.25, -0.2) is 0 Å². The van der Waals surface area contributed by atoms with Gasteiger partial charge in [0.2, 0.25) is 5.91 Å². The van der Waals surface area contributed by atoms with Gasteiger partial charge in [0.15, 0.2) is 0 Å². The maximum atomic E-state index is 12.4. The number of carbonyl (C=O) groups excluding carboxylic acids is 1. The topological polar surface area (TPSA) is 83.5 Å².